The van der Waals surface area contributed by atoms with E-state index in [1.54, 1.807) is 18.2 Å². The molecule has 2 heterocycles. The van der Waals surface area contributed by atoms with Crippen molar-refractivity contribution in [1.29, 1.82) is 0 Å². The highest BCUT2D eigenvalue weighted by atomic mass is 31.3. The Morgan fingerprint density at radius 2 is 1.74 bits per heavy atom. The van der Waals surface area contributed by atoms with Crippen LogP contribution in [0.2, 0.25) is 0 Å². The summed E-state index contributed by atoms with van der Waals surface area (Å²) in [5, 5.41) is 14.7. The number of unbranched alkanes of at least 4 members (excludes halogenated alkanes) is 2. The number of ether oxygens (including phenoxy) is 5. The first kappa shape index (κ1) is 60.8. The summed E-state index contributed by atoms with van der Waals surface area (Å²) in [4.78, 5) is 106. The number of H-pyrrole nitrogens is 1. The van der Waals surface area contributed by atoms with Crippen LogP contribution in [0.15, 0.2) is 50.3 Å². The van der Waals surface area contributed by atoms with Gasteiger partial charge in [0.15, 0.2) is 6.23 Å². The molecule has 3 rings (SSSR count). The van der Waals surface area contributed by atoms with Gasteiger partial charge in [-0.3, -0.25) is 33.3 Å². The van der Waals surface area contributed by atoms with E-state index in [-0.39, 0.29) is 74.1 Å². The van der Waals surface area contributed by atoms with Gasteiger partial charge in [-0.25, -0.2) is 18.5 Å². The van der Waals surface area contributed by atoms with Crippen LogP contribution >= 0.6 is 23.5 Å². The van der Waals surface area contributed by atoms with Crippen LogP contribution in [-0.4, -0.2) is 125 Å². The van der Waals surface area contributed by atoms with Crippen molar-refractivity contribution in [1.82, 2.24) is 25.5 Å². The minimum atomic E-state index is -5.85. The maximum Gasteiger partial charge on any atom is 0.490 e. The lowest BCUT2D eigenvalue weighted by Crippen LogP contribution is -2.34. The van der Waals surface area contributed by atoms with Gasteiger partial charge in [0.25, 0.3) is 11.5 Å². The van der Waals surface area contributed by atoms with Crippen molar-refractivity contribution >= 4 is 41.2 Å². The summed E-state index contributed by atoms with van der Waals surface area (Å²) in [7, 11) is -17.1. The SMILES string of the molecule is CC(C)(C)CCCCCC(=O)NCCNC(=O)c1cccc(OCC(N=[N+]=[N-])OCCOCC(=O)NCC#Cc2cn(C3CC(OCN=[N+]=[N-])C(COP(=O)(O)OP(=O)(O)OP(=O)(O)O)O3)c(=O)[nH]c2=O)c1. The third kappa shape index (κ3) is 24.8. The van der Waals surface area contributed by atoms with E-state index in [1.165, 1.54) is 6.07 Å². The summed E-state index contributed by atoms with van der Waals surface area (Å²) < 4.78 is 75.2. The zero-order valence-corrected chi connectivity index (χ0v) is 41.8. The van der Waals surface area contributed by atoms with E-state index in [2.05, 4.69) is 81.8 Å². The molecule has 1 aromatic carbocycles. The zero-order chi connectivity index (χ0) is 53.4. The molecule has 2 aromatic rings. The Morgan fingerprint density at radius 3 is 2.44 bits per heavy atom. The number of azide groups is 2. The van der Waals surface area contributed by atoms with Gasteiger partial charge in [0, 0.05) is 47.5 Å². The molecule has 1 saturated heterocycles. The first-order valence-corrected chi connectivity index (χ1v) is 26.1. The number of carbonyl (C=O) groups is 3. The summed E-state index contributed by atoms with van der Waals surface area (Å²) in [6.07, 6.45) is 0.0794. The number of phosphoric ester groups is 1. The number of carbonyl (C=O) groups excluding carboxylic acids is 3. The van der Waals surface area contributed by atoms with Gasteiger partial charge in [-0.2, -0.15) is 8.62 Å². The molecule has 398 valence electrons. The van der Waals surface area contributed by atoms with E-state index in [0.29, 0.717) is 6.42 Å². The van der Waals surface area contributed by atoms with Crippen molar-refractivity contribution in [2.45, 2.75) is 84.0 Å². The van der Waals surface area contributed by atoms with E-state index in [9.17, 15) is 47.5 Å². The number of nitrogens with zero attached hydrogens (tertiary/aromatic N) is 7. The third-order valence-electron chi connectivity index (χ3n) is 9.29. The standard InChI is InChI=1S/C38H56N11O20P3/c1-38(2,3)13-6-4-5-12-31(50)42-15-16-43-35(52)26-9-7-11-28(19-26)64-24-33(46-48-40)63-18-17-62-23-32(51)41-14-8-10-27-21-49(37(54)45-36(27)53)34-20-29(65-25-44-47-39)30(67-34)22-66-71(58,59)69-72(60,61)68-70(55,56)57/h7,9,11,19,21,29-30,33-34H,4-6,12-18,20,22-25H2,1-3H3,(H,41,51)(H,42,50)(H,43,52)(H,58,59)(H,60,61)(H,45,53,54)(H2,55,56,57). The highest BCUT2D eigenvalue weighted by Gasteiger charge is 2.43. The van der Waals surface area contributed by atoms with Gasteiger partial charge < -0.3 is 59.2 Å². The Balaban J connectivity index is 1.42. The number of rotatable bonds is 31. The maximum atomic E-state index is 12.8. The van der Waals surface area contributed by atoms with Gasteiger partial charge in [0.2, 0.25) is 11.8 Å². The molecule has 72 heavy (non-hydrogen) atoms. The second kappa shape index (κ2) is 29.9. The Bertz CT molecular complexity index is 2580. The smallest absolute Gasteiger partial charge is 0.490 e. The Kier molecular flexibility index (Phi) is 25.3. The van der Waals surface area contributed by atoms with Crippen molar-refractivity contribution < 1.29 is 84.5 Å². The van der Waals surface area contributed by atoms with Crippen LogP contribution in [0.25, 0.3) is 20.9 Å². The van der Waals surface area contributed by atoms with E-state index in [1.807, 2.05) is 4.98 Å². The van der Waals surface area contributed by atoms with E-state index < -0.39 is 91.1 Å². The van der Waals surface area contributed by atoms with Gasteiger partial charge in [0.05, 0.1) is 32.5 Å². The van der Waals surface area contributed by atoms with Crippen LogP contribution in [0.3, 0.4) is 0 Å². The van der Waals surface area contributed by atoms with Crippen molar-refractivity contribution in [3.8, 4) is 17.6 Å². The highest BCUT2D eigenvalue weighted by Crippen LogP contribution is 2.66. The average molecular weight is 1080 g/mol. The monoisotopic (exact) mass is 1080 g/mol. The number of amides is 3. The van der Waals surface area contributed by atoms with Gasteiger partial charge in [-0.15, -0.1) is 0 Å². The Hall–Kier alpha value is -5.46. The Morgan fingerprint density at radius 1 is 0.986 bits per heavy atom. The van der Waals surface area contributed by atoms with Crippen LogP contribution in [0, 0.1) is 17.3 Å². The van der Waals surface area contributed by atoms with Crippen molar-refractivity contribution in [3.63, 3.8) is 0 Å². The molecular weight excluding hydrogens is 1020 g/mol. The fourth-order valence-electron chi connectivity index (χ4n) is 6.10. The number of hydrogen-bond donors (Lipinski definition) is 8. The zero-order valence-electron chi connectivity index (χ0n) is 39.1. The fraction of sp³-hybridized carbons (Fsp3) is 0.605. The molecule has 1 aromatic heterocycles. The number of phosphoric acid groups is 3. The molecule has 8 N–H and O–H groups in total. The molecule has 0 bridgehead atoms. The van der Waals surface area contributed by atoms with Crippen molar-refractivity contribution in [2.24, 2.45) is 15.6 Å². The molecule has 0 aliphatic carbocycles. The number of aromatic nitrogens is 2. The first-order chi connectivity index (χ1) is 33.9. The van der Waals surface area contributed by atoms with E-state index in [4.69, 9.17) is 44.5 Å². The summed E-state index contributed by atoms with van der Waals surface area (Å²) in [6.45, 7) is 4.19. The van der Waals surface area contributed by atoms with Crippen LogP contribution < -0.4 is 31.9 Å². The predicted molar refractivity (Wildman–Crippen MR) is 248 cm³/mol. The molecule has 0 saturated carbocycles. The largest absolute Gasteiger partial charge is 0.491 e. The van der Waals surface area contributed by atoms with E-state index >= 15 is 0 Å². The van der Waals surface area contributed by atoms with Gasteiger partial charge in [-0.1, -0.05) is 61.7 Å². The molecule has 34 heteroatoms. The molecule has 6 atom stereocenters. The molecule has 1 aliphatic heterocycles. The normalized spacial score (nSPS) is 17.6. The number of aromatic amines is 1. The summed E-state index contributed by atoms with van der Waals surface area (Å²) >= 11 is 0. The van der Waals surface area contributed by atoms with Crippen molar-refractivity contribution in [3.05, 3.63) is 83.3 Å². The van der Waals surface area contributed by atoms with Gasteiger partial charge in [0.1, 0.15) is 43.6 Å². The molecule has 31 nitrogen and oxygen atoms in total. The van der Waals surface area contributed by atoms with Crippen LogP contribution in [0.5, 0.6) is 5.75 Å². The quantitative estimate of drug-likeness (QED) is 0.0134. The molecule has 0 spiro atoms. The molecule has 6 unspecified atom stereocenters. The molecular formula is C38H56N11O20P3. The maximum absolute atomic E-state index is 12.8. The highest BCUT2D eigenvalue weighted by molar-refractivity contribution is 7.66. The van der Waals surface area contributed by atoms with Gasteiger partial charge in [-0.05, 0) is 47.5 Å². The third-order valence-corrected chi connectivity index (χ3v) is 13.1. The summed E-state index contributed by atoms with van der Waals surface area (Å²) in [5.74, 6) is 4.19. The van der Waals surface area contributed by atoms with E-state index in [0.717, 1.165) is 36.4 Å². The number of benzene rings is 1. The molecule has 1 aliphatic rings. The van der Waals surface area contributed by atoms with Gasteiger partial charge >= 0.3 is 29.2 Å². The number of hydrogen-bond acceptors (Lipinski definition) is 18. The lowest BCUT2D eigenvalue weighted by Gasteiger charge is -2.20. The van der Waals surface area contributed by atoms with Crippen molar-refractivity contribution in [2.75, 3.05) is 59.4 Å². The molecule has 3 amide bonds. The van der Waals surface area contributed by atoms with Crippen LogP contribution in [-0.2, 0) is 55.4 Å². The summed E-state index contributed by atoms with van der Waals surface area (Å²) in [6, 6.07) is 6.23. The Labute approximate surface area is 410 Å². The minimum Gasteiger partial charge on any atom is -0.491 e. The fourth-order valence-corrected chi connectivity index (χ4v) is 9.13. The van der Waals surface area contributed by atoms with Crippen LogP contribution in [0.1, 0.15) is 81.4 Å². The number of nitrogens with one attached hydrogen (secondary N) is 4. The van der Waals surface area contributed by atoms with Crippen LogP contribution in [0.4, 0.5) is 0 Å². The average Bonchev–Trinajstić information content (AvgIpc) is 3.69. The molecule has 1 fully saturated rings. The first-order valence-electron chi connectivity index (χ1n) is 21.6. The molecule has 0 radical (unpaired) electrons. The second-order valence-corrected chi connectivity index (χ2v) is 20.7. The second-order valence-electron chi connectivity index (χ2n) is 16.3. The lowest BCUT2D eigenvalue weighted by atomic mass is 9.89. The minimum absolute atomic E-state index is 0.0754. The predicted octanol–water partition coefficient (Wildman–Crippen LogP) is 2.88. The lowest BCUT2D eigenvalue weighted by molar-refractivity contribution is -0.126. The topological polar surface area (TPSA) is 446 Å². The summed E-state index contributed by atoms with van der Waals surface area (Å²) in [5.41, 5.74) is 15.9.